The Morgan fingerprint density at radius 3 is 2.81 bits per heavy atom. The fourth-order valence-corrected chi connectivity index (χ4v) is 5.09. The van der Waals surface area contributed by atoms with Crippen molar-refractivity contribution in [2.24, 2.45) is 5.73 Å². The number of pyridine rings is 1. The Balaban J connectivity index is 1.97. The van der Waals surface area contributed by atoms with Crippen molar-refractivity contribution in [1.29, 1.82) is 0 Å². The van der Waals surface area contributed by atoms with Gasteiger partial charge in [-0.25, -0.2) is 8.42 Å². The minimum absolute atomic E-state index is 0.264. The SMILES string of the molecule is Cc1ccc2cc(C(N)C3CCCCS3(=O)=O)ccc2n1. The Labute approximate surface area is 125 Å². The molecule has 112 valence electrons. The first kappa shape index (κ1) is 14.5. The quantitative estimate of drug-likeness (QED) is 0.925. The largest absolute Gasteiger partial charge is 0.323 e. The van der Waals surface area contributed by atoms with Crippen LogP contribution in [0.1, 0.15) is 36.6 Å². The number of benzene rings is 1. The smallest absolute Gasteiger partial charge is 0.155 e. The van der Waals surface area contributed by atoms with Crippen LogP contribution >= 0.6 is 0 Å². The molecule has 1 aliphatic rings. The van der Waals surface area contributed by atoms with Gasteiger partial charge in [0.25, 0.3) is 0 Å². The number of nitrogens with two attached hydrogens (primary N) is 1. The molecular formula is C16H20N2O2S. The molecule has 0 amide bonds. The number of hydrogen-bond donors (Lipinski definition) is 1. The van der Waals surface area contributed by atoms with Gasteiger partial charge in [0, 0.05) is 17.1 Å². The van der Waals surface area contributed by atoms with Gasteiger partial charge in [0.15, 0.2) is 9.84 Å². The summed E-state index contributed by atoms with van der Waals surface area (Å²) in [5.74, 6) is 0.264. The minimum Gasteiger partial charge on any atom is -0.323 e. The maximum absolute atomic E-state index is 12.2. The van der Waals surface area contributed by atoms with Crippen LogP contribution in [0.5, 0.6) is 0 Å². The fourth-order valence-electron chi connectivity index (χ4n) is 3.05. The zero-order valence-electron chi connectivity index (χ0n) is 12.1. The van der Waals surface area contributed by atoms with Gasteiger partial charge in [-0.15, -0.1) is 0 Å². The molecule has 1 aliphatic heterocycles. The van der Waals surface area contributed by atoms with Crippen LogP contribution in [0.3, 0.4) is 0 Å². The highest BCUT2D eigenvalue weighted by Crippen LogP contribution is 2.30. The minimum atomic E-state index is -3.07. The molecule has 2 N–H and O–H groups in total. The van der Waals surface area contributed by atoms with Gasteiger partial charge in [0.05, 0.1) is 16.5 Å². The van der Waals surface area contributed by atoms with Gasteiger partial charge in [-0.2, -0.15) is 0 Å². The topological polar surface area (TPSA) is 73.1 Å². The van der Waals surface area contributed by atoms with Gasteiger partial charge in [-0.1, -0.05) is 18.6 Å². The van der Waals surface area contributed by atoms with E-state index in [1.165, 1.54) is 0 Å². The average molecular weight is 304 g/mol. The summed E-state index contributed by atoms with van der Waals surface area (Å²) in [6.45, 7) is 1.95. The van der Waals surface area contributed by atoms with E-state index in [2.05, 4.69) is 4.98 Å². The van der Waals surface area contributed by atoms with E-state index in [0.717, 1.165) is 35.0 Å². The fraction of sp³-hybridized carbons (Fsp3) is 0.438. The number of hydrogen-bond acceptors (Lipinski definition) is 4. The van der Waals surface area contributed by atoms with Crippen LogP contribution in [0.2, 0.25) is 0 Å². The van der Waals surface area contributed by atoms with Crippen molar-refractivity contribution in [1.82, 2.24) is 4.98 Å². The van der Waals surface area contributed by atoms with Crippen LogP contribution < -0.4 is 5.73 Å². The Bertz CT molecular complexity index is 771. The summed E-state index contributed by atoms with van der Waals surface area (Å²) >= 11 is 0. The van der Waals surface area contributed by atoms with Crippen molar-refractivity contribution in [2.75, 3.05) is 5.75 Å². The molecule has 0 aliphatic carbocycles. The van der Waals surface area contributed by atoms with Crippen molar-refractivity contribution in [3.8, 4) is 0 Å². The lowest BCUT2D eigenvalue weighted by Gasteiger charge is -2.27. The van der Waals surface area contributed by atoms with Crippen LogP contribution in [-0.2, 0) is 9.84 Å². The third-order valence-electron chi connectivity index (χ3n) is 4.27. The predicted molar refractivity (Wildman–Crippen MR) is 84.8 cm³/mol. The van der Waals surface area contributed by atoms with E-state index in [9.17, 15) is 8.42 Å². The predicted octanol–water partition coefficient (Wildman–Crippen LogP) is 2.51. The van der Waals surface area contributed by atoms with Gasteiger partial charge in [0.1, 0.15) is 0 Å². The van der Waals surface area contributed by atoms with E-state index >= 15 is 0 Å². The van der Waals surface area contributed by atoms with E-state index in [1.807, 2.05) is 37.3 Å². The lowest BCUT2D eigenvalue weighted by atomic mass is 9.98. The maximum atomic E-state index is 12.2. The van der Waals surface area contributed by atoms with Crippen molar-refractivity contribution in [3.63, 3.8) is 0 Å². The molecule has 21 heavy (non-hydrogen) atoms. The first-order valence-electron chi connectivity index (χ1n) is 7.32. The molecule has 2 unspecified atom stereocenters. The van der Waals surface area contributed by atoms with Crippen molar-refractivity contribution >= 4 is 20.7 Å². The Kier molecular flexibility index (Phi) is 3.71. The van der Waals surface area contributed by atoms with Gasteiger partial charge in [-0.3, -0.25) is 4.98 Å². The summed E-state index contributed by atoms with van der Waals surface area (Å²) < 4.78 is 24.4. The standard InChI is InChI=1S/C16H20N2O2S/c1-11-5-6-12-10-13(7-8-14(12)18-11)16(17)15-4-2-3-9-21(15,19)20/h5-8,10,15-16H,2-4,9,17H2,1H3. The first-order valence-corrected chi connectivity index (χ1v) is 9.03. The summed E-state index contributed by atoms with van der Waals surface area (Å²) in [4.78, 5) is 4.46. The number of nitrogens with zero attached hydrogens (tertiary/aromatic N) is 1. The molecule has 2 aromatic rings. The van der Waals surface area contributed by atoms with Crippen LogP contribution in [0.25, 0.3) is 10.9 Å². The number of rotatable bonds is 2. The first-order chi connectivity index (χ1) is 9.97. The van der Waals surface area contributed by atoms with Crippen molar-refractivity contribution in [2.45, 2.75) is 37.5 Å². The monoisotopic (exact) mass is 304 g/mol. The van der Waals surface area contributed by atoms with Crippen LogP contribution in [0.15, 0.2) is 30.3 Å². The lowest BCUT2D eigenvalue weighted by molar-refractivity contribution is 0.505. The molecule has 0 spiro atoms. The van der Waals surface area contributed by atoms with Crippen LogP contribution in [-0.4, -0.2) is 24.4 Å². The van der Waals surface area contributed by atoms with E-state index in [1.54, 1.807) is 0 Å². The Hall–Kier alpha value is -1.46. The molecular weight excluding hydrogens is 284 g/mol. The third-order valence-corrected chi connectivity index (χ3v) is 6.58. The van der Waals surface area contributed by atoms with Gasteiger partial charge >= 0.3 is 0 Å². The highest BCUT2D eigenvalue weighted by Gasteiger charge is 2.34. The average Bonchev–Trinajstić information content (AvgIpc) is 2.45. The zero-order chi connectivity index (χ0) is 15.0. The Morgan fingerprint density at radius 2 is 2.05 bits per heavy atom. The lowest BCUT2D eigenvalue weighted by Crippen LogP contribution is -2.37. The van der Waals surface area contributed by atoms with E-state index in [0.29, 0.717) is 6.42 Å². The summed E-state index contributed by atoms with van der Waals surface area (Å²) in [6, 6.07) is 9.30. The zero-order valence-corrected chi connectivity index (χ0v) is 12.9. The van der Waals surface area contributed by atoms with E-state index in [-0.39, 0.29) is 5.75 Å². The molecule has 3 rings (SSSR count). The maximum Gasteiger partial charge on any atom is 0.155 e. The van der Waals surface area contributed by atoms with E-state index in [4.69, 9.17) is 5.73 Å². The van der Waals surface area contributed by atoms with Crippen molar-refractivity contribution < 1.29 is 8.42 Å². The molecule has 0 bridgehead atoms. The summed E-state index contributed by atoms with van der Waals surface area (Å²) in [6.07, 6.45) is 2.35. The number of fused-ring (bicyclic) bond motifs is 1. The molecule has 1 aromatic heterocycles. The highest BCUT2D eigenvalue weighted by molar-refractivity contribution is 7.92. The summed E-state index contributed by atoms with van der Waals surface area (Å²) in [7, 11) is -3.07. The third kappa shape index (κ3) is 2.80. The second kappa shape index (κ2) is 5.39. The van der Waals surface area contributed by atoms with Crippen molar-refractivity contribution in [3.05, 3.63) is 41.6 Å². The second-order valence-electron chi connectivity index (χ2n) is 5.83. The molecule has 1 fully saturated rings. The van der Waals surface area contributed by atoms with Gasteiger partial charge < -0.3 is 5.73 Å². The molecule has 2 atom stereocenters. The van der Waals surface area contributed by atoms with E-state index < -0.39 is 21.1 Å². The number of sulfone groups is 1. The highest BCUT2D eigenvalue weighted by atomic mass is 32.2. The van der Waals surface area contributed by atoms with Crippen LogP contribution in [0.4, 0.5) is 0 Å². The second-order valence-corrected chi connectivity index (χ2v) is 8.17. The summed E-state index contributed by atoms with van der Waals surface area (Å²) in [5.41, 5.74) is 9.03. The van der Waals surface area contributed by atoms with Gasteiger partial charge in [-0.05, 0) is 43.5 Å². The molecule has 1 aromatic carbocycles. The molecule has 0 saturated carbocycles. The van der Waals surface area contributed by atoms with Crippen LogP contribution in [0, 0.1) is 6.92 Å². The normalized spacial score (nSPS) is 23.0. The van der Waals surface area contributed by atoms with Gasteiger partial charge in [0.2, 0.25) is 0 Å². The molecule has 0 radical (unpaired) electrons. The Morgan fingerprint density at radius 1 is 1.24 bits per heavy atom. The number of aryl methyl sites for hydroxylation is 1. The summed E-state index contributed by atoms with van der Waals surface area (Å²) in [5, 5.41) is 0.545. The number of aromatic nitrogens is 1. The molecule has 2 heterocycles. The molecule has 1 saturated heterocycles. The molecule has 4 nitrogen and oxygen atoms in total. The molecule has 5 heteroatoms.